The molecule has 1 unspecified atom stereocenters. The number of nitrogens with one attached hydrogen (secondary N) is 1. The Hall–Kier alpha value is -1.71. The Balaban J connectivity index is 2.33. The molecule has 1 rings (SSSR count). The van der Waals surface area contributed by atoms with E-state index in [0.29, 0.717) is 30.4 Å². The Morgan fingerprint density at radius 2 is 2.05 bits per heavy atom. The highest BCUT2D eigenvalue weighted by atomic mass is 16.5. The summed E-state index contributed by atoms with van der Waals surface area (Å²) in [6.45, 7) is 6.63. The molecule has 0 aliphatic heterocycles. The summed E-state index contributed by atoms with van der Waals surface area (Å²) in [5.41, 5.74) is 6.35. The van der Waals surface area contributed by atoms with Crippen LogP contribution in [0, 0.1) is 5.92 Å². The number of ether oxygens (including phenoxy) is 1. The van der Waals surface area contributed by atoms with Crippen LogP contribution in [-0.2, 0) is 4.79 Å². The number of nitrogen functional groups attached to an aromatic ring is 1. The maximum absolute atomic E-state index is 11.8. The lowest BCUT2D eigenvalue weighted by atomic mass is 10.0. The van der Waals surface area contributed by atoms with Gasteiger partial charge in [-0.05, 0) is 24.5 Å². The number of para-hydroxylation sites is 2. The predicted octanol–water partition coefficient (Wildman–Crippen LogP) is 2.59. The number of nitrogens with two attached hydrogens (primary N) is 1. The summed E-state index contributed by atoms with van der Waals surface area (Å²) in [6.07, 6.45) is 1.29. The quantitative estimate of drug-likeness (QED) is 0.744. The van der Waals surface area contributed by atoms with E-state index in [1.165, 1.54) is 0 Å². The second-order valence-corrected chi connectivity index (χ2v) is 4.96. The van der Waals surface area contributed by atoms with E-state index in [0.717, 1.165) is 6.42 Å². The van der Waals surface area contributed by atoms with E-state index < -0.39 is 0 Å². The average Bonchev–Trinajstić information content (AvgIpc) is 2.38. The molecule has 3 N–H and O–H groups in total. The van der Waals surface area contributed by atoms with Gasteiger partial charge in [-0.25, -0.2) is 0 Å². The molecule has 106 valence electrons. The molecule has 0 radical (unpaired) electrons. The Morgan fingerprint density at radius 3 is 2.63 bits per heavy atom. The average molecular weight is 264 g/mol. The smallest absolute Gasteiger partial charge is 0.223 e. The van der Waals surface area contributed by atoms with Crippen molar-refractivity contribution in [3.8, 4) is 5.75 Å². The summed E-state index contributed by atoms with van der Waals surface area (Å²) in [7, 11) is 0. The van der Waals surface area contributed by atoms with Crippen LogP contribution in [0.2, 0.25) is 0 Å². The molecule has 0 saturated heterocycles. The Bertz CT molecular complexity index is 405. The second-order valence-electron chi connectivity index (χ2n) is 4.96. The maximum atomic E-state index is 11.8. The summed E-state index contributed by atoms with van der Waals surface area (Å²) in [5, 5.41) is 3.02. The number of hydrogen-bond acceptors (Lipinski definition) is 3. The first-order chi connectivity index (χ1) is 9.04. The van der Waals surface area contributed by atoms with E-state index >= 15 is 0 Å². The summed E-state index contributed by atoms with van der Waals surface area (Å²) in [4.78, 5) is 11.8. The van der Waals surface area contributed by atoms with Gasteiger partial charge in [0.25, 0.3) is 0 Å². The van der Waals surface area contributed by atoms with Gasteiger partial charge in [0.2, 0.25) is 5.91 Å². The molecule has 1 atom stereocenters. The van der Waals surface area contributed by atoms with Crippen molar-refractivity contribution in [2.24, 2.45) is 5.92 Å². The van der Waals surface area contributed by atoms with Crippen molar-refractivity contribution in [2.75, 3.05) is 12.3 Å². The fourth-order valence-corrected chi connectivity index (χ4v) is 1.88. The molecule has 0 bridgehead atoms. The van der Waals surface area contributed by atoms with Gasteiger partial charge < -0.3 is 15.8 Å². The SMILES string of the molecule is CCC(NC(=O)CCOc1ccccc1N)C(C)C. The van der Waals surface area contributed by atoms with Crippen LogP contribution in [0.1, 0.15) is 33.6 Å². The molecule has 0 spiro atoms. The molecule has 0 aromatic heterocycles. The van der Waals surface area contributed by atoms with Crippen LogP contribution in [0.25, 0.3) is 0 Å². The number of hydrogen-bond donors (Lipinski definition) is 2. The minimum absolute atomic E-state index is 0.0232. The van der Waals surface area contributed by atoms with Gasteiger partial charge in [-0.15, -0.1) is 0 Å². The molecule has 1 aromatic rings. The minimum atomic E-state index is 0.0232. The van der Waals surface area contributed by atoms with Gasteiger partial charge in [-0.1, -0.05) is 32.9 Å². The zero-order valence-electron chi connectivity index (χ0n) is 12.0. The van der Waals surface area contributed by atoms with Gasteiger partial charge in [0, 0.05) is 6.04 Å². The standard InChI is InChI=1S/C15H24N2O2/c1-4-13(11(2)3)17-15(18)9-10-19-14-8-6-5-7-12(14)16/h5-8,11,13H,4,9-10,16H2,1-3H3,(H,17,18). The number of amides is 1. The third-order valence-electron chi connectivity index (χ3n) is 3.10. The number of benzene rings is 1. The molecular formula is C15H24N2O2. The molecule has 1 aromatic carbocycles. The molecule has 0 fully saturated rings. The van der Waals surface area contributed by atoms with Gasteiger partial charge in [-0.3, -0.25) is 4.79 Å². The molecule has 0 saturated carbocycles. The van der Waals surface area contributed by atoms with Gasteiger partial charge in [0.15, 0.2) is 0 Å². The number of carbonyl (C=O) groups is 1. The summed E-state index contributed by atoms with van der Waals surface area (Å²) >= 11 is 0. The van der Waals surface area contributed by atoms with E-state index in [4.69, 9.17) is 10.5 Å². The first kappa shape index (κ1) is 15.3. The molecule has 0 aliphatic carbocycles. The van der Waals surface area contributed by atoms with Crippen LogP contribution in [-0.4, -0.2) is 18.6 Å². The molecule has 0 aliphatic rings. The van der Waals surface area contributed by atoms with Crippen LogP contribution in [0.5, 0.6) is 5.75 Å². The highest BCUT2D eigenvalue weighted by Crippen LogP contribution is 2.19. The molecule has 4 nitrogen and oxygen atoms in total. The topological polar surface area (TPSA) is 64.3 Å². The van der Waals surface area contributed by atoms with Crippen LogP contribution < -0.4 is 15.8 Å². The third kappa shape index (κ3) is 5.20. The maximum Gasteiger partial charge on any atom is 0.223 e. The van der Waals surface area contributed by atoms with Gasteiger partial charge >= 0.3 is 0 Å². The predicted molar refractivity (Wildman–Crippen MR) is 78.0 cm³/mol. The van der Waals surface area contributed by atoms with Crippen molar-refractivity contribution < 1.29 is 9.53 Å². The van der Waals surface area contributed by atoms with Gasteiger partial charge in [0.05, 0.1) is 18.7 Å². The van der Waals surface area contributed by atoms with E-state index in [1.54, 1.807) is 12.1 Å². The van der Waals surface area contributed by atoms with Crippen LogP contribution >= 0.6 is 0 Å². The van der Waals surface area contributed by atoms with Gasteiger partial charge in [0.1, 0.15) is 5.75 Å². The molecule has 1 amide bonds. The summed E-state index contributed by atoms with van der Waals surface area (Å²) < 4.78 is 5.50. The second kappa shape index (κ2) is 7.67. The fourth-order valence-electron chi connectivity index (χ4n) is 1.88. The molecule has 0 heterocycles. The monoisotopic (exact) mass is 264 g/mol. The van der Waals surface area contributed by atoms with E-state index in [9.17, 15) is 4.79 Å². The van der Waals surface area contributed by atoms with Crippen LogP contribution in [0.15, 0.2) is 24.3 Å². The molecule has 19 heavy (non-hydrogen) atoms. The van der Waals surface area contributed by atoms with E-state index in [1.807, 2.05) is 12.1 Å². The van der Waals surface area contributed by atoms with E-state index in [-0.39, 0.29) is 11.9 Å². The van der Waals surface area contributed by atoms with E-state index in [2.05, 4.69) is 26.1 Å². The largest absolute Gasteiger partial charge is 0.491 e. The zero-order chi connectivity index (χ0) is 14.3. The molecular weight excluding hydrogens is 240 g/mol. The van der Waals surface area contributed by atoms with Crippen LogP contribution in [0.4, 0.5) is 5.69 Å². The Kier molecular flexibility index (Phi) is 6.19. The van der Waals surface area contributed by atoms with Crippen molar-refractivity contribution in [1.29, 1.82) is 0 Å². The lowest BCUT2D eigenvalue weighted by Gasteiger charge is -2.20. The third-order valence-corrected chi connectivity index (χ3v) is 3.10. The Morgan fingerprint density at radius 1 is 1.37 bits per heavy atom. The first-order valence-electron chi connectivity index (χ1n) is 6.81. The fraction of sp³-hybridized carbons (Fsp3) is 0.533. The zero-order valence-corrected chi connectivity index (χ0v) is 12.0. The highest BCUT2D eigenvalue weighted by molar-refractivity contribution is 5.76. The normalized spacial score (nSPS) is 12.2. The first-order valence-corrected chi connectivity index (χ1v) is 6.81. The minimum Gasteiger partial charge on any atom is -0.491 e. The summed E-state index contributed by atoms with van der Waals surface area (Å²) in [5.74, 6) is 1.10. The van der Waals surface area contributed by atoms with Crippen molar-refractivity contribution in [3.05, 3.63) is 24.3 Å². The Labute approximate surface area is 115 Å². The molecule has 4 heteroatoms. The highest BCUT2D eigenvalue weighted by Gasteiger charge is 2.13. The lowest BCUT2D eigenvalue weighted by Crippen LogP contribution is -2.38. The number of carbonyl (C=O) groups excluding carboxylic acids is 1. The lowest BCUT2D eigenvalue weighted by molar-refractivity contribution is -0.122. The number of anilines is 1. The van der Waals surface area contributed by atoms with Crippen LogP contribution in [0.3, 0.4) is 0 Å². The number of rotatable bonds is 7. The van der Waals surface area contributed by atoms with Gasteiger partial charge in [-0.2, -0.15) is 0 Å². The van der Waals surface area contributed by atoms with Crippen molar-refractivity contribution in [3.63, 3.8) is 0 Å². The van der Waals surface area contributed by atoms with Crippen molar-refractivity contribution in [2.45, 2.75) is 39.7 Å². The summed E-state index contributed by atoms with van der Waals surface area (Å²) in [6, 6.07) is 7.52. The van der Waals surface area contributed by atoms with Crippen molar-refractivity contribution >= 4 is 11.6 Å². The van der Waals surface area contributed by atoms with Crippen molar-refractivity contribution in [1.82, 2.24) is 5.32 Å².